The van der Waals surface area contributed by atoms with E-state index in [0.29, 0.717) is 18.2 Å². The second-order valence-corrected chi connectivity index (χ2v) is 6.01. The van der Waals surface area contributed by atoms with Gasteiger partial charge in [0.25, 0.3) is 5.56 Å². The van der Waals surface area contributed by atoms with Crippen molar-refractivity contribution in [2.45, 2.75) is 24.3 Å². The maximum atomic E-state index is 12.0. The Morgan fingerprint density at radius 2 is 2.21 bits per heavy atom. The molecule has 0 spiro atoms. The number of benzene rings is 1. The van der Waals surface area contributed by atoms with E-state index in [2.05, 4.69) is 24.3 Å². The van der Waals surface area contributed by atoms with Gasteiger partial charge in [0.15, 0.2) is 0 Å². The van der Waals surface area contributed by atoms with E-state index in [4.69, 9.17) is 5.73 Å². The highest BCUT2D eigenvalue weighted by atomic mass is 32.2. The molecule has 1 aromatic carbocycles. The van der Waals surface area contributed by atoms with Crippen molar-refractivity contribution >= 4 is 17.4 Å². The minimum absolute atomic E-state index is 0.0288. The number of nitrogens with two attached hydrogens (primary N) is 1. The van der Waals surface area contributed by atoms with Gasteiger partial charge in [-0.3, -0.25) is 4.79 Å². The van der Waals surface area contributed by atoms with Crippen LogP contribution in [0.3, 0.4) is 0 Å². The first-order chi connectivity index (χ1) is 9.15. The first kappa shape index (κ1) is 12.4. The van der Waals surface area contributed by atoms with Gasteiger partial charge in [-0.1, -0.05) is 18.2 Å². The molecule has 1 aliphatic heterocycles. The number of anilines is 1. The number of nitrogens with zero attached hydrogens (tertiary/aromatic N) is 1. The summed E-state index contributed by atoms with van der Waals surface area (Å²) in [6, 6.07) is 10.0. The van der Waals surface area contributed by atoms with Crippen LogP contribution in [0.5, 0.6) is 0 Å². The largest absolute Gasteiger partial charge is 0.397 e. The van der Waals surface area contributed by atoms with Crippen molar-refractivity contribution in [1.82, 2.24) is 4.57 Å². The zero-order chi connectivity index (χ0) is 13.4. The molecule has 3 nitrogen and oxygen atoms in total. The Kier molecular flexibility index (Phi) is 3.11. The first-order valence-electron chi connectivity index (χ1n) is 6.33. The lowest BCUT2D eigenvalue weighted by molar-refractivity contribution is 0.588. The first-order valence-corrected chi connectivity index (χ1v) is 7.32. The standard InChI is InChI=1S/C15H16N2OS/c1-10-6-15(18)17(8-13(10)16)7-11-9-19-14-5-3-2-4-12(11)14/h2-6,8,11H,7,9,16H2,1H3. The van der Waals surface area contributed by atoms with Crippen LogP contribution in [-0.4, -0.2) is 10.3 Å². The smallest absolute Gasteiger partial charge is 0.250 e. The highest BCUT2D eigenvalue weighted by molar-refractivity contribution is 7.99. The minimum Gasteiger partial charge on any atom is -0.397 e. The summed E-state index contributed by atoms with van der Waals surface area (Å²) in [5.74, 6) is 1.42. The van der Waals surface area contributed by atoms with Crippen molar-refractivity contribution in [2.75, 3.05) is 11.5 Å². The predicted molar refractivity (Wildman–Crippen MR) is 79.8 cm³/mol. The third-order valence-electron chi connectivity index (χ3n) is 3.59. The molecule has 0 bridgehead atoms. The van der Waals surface area contributed by atoms with Crippen LogP contribution >= 0.6 is 11.8 Å². The molecule has 1 aliphatic rings. The van der Waals surface area contributed by atoms with Crippen molar-refractivity contribution < 1.29 is 0 Å². The van der Waals surface area contributed by atoms with Gasteiger partial charge < -0.3 is 10.3 Å². The minimum atomic E-state index is 0.0288. The summed E-state index contributed by atoms with van der Waals surface area (Å²) in [7, 11) is 0. The van der Waals surface area contributed by atoms with Crippen LogP contribution in [0.25, 0.3) is 0 Å². The van der Waals surface area contributed by atoms with Gasteiger partial charge in [-0.15, -0.1) is 11.8 Å². The molecule has 0 amide bonds. The maximum Gasteiger partial charge on any atom is 0.250 e. The van der Waals surface area contributed by atoms with Crippen molar-refractivity contribution in [3.05, 3.63) is 58.0 Å². The van der Waals surface area contributed by atoms with Crippen LogP contribution in [0.4, 0.5) is 5.69 Å². The number of aromatic nitrogens is 1. The Hall–Kier alpha value is -1.68. The number of hydrogen-bond donors (Lipinski definition) is 1. The SMILES string of the molecule is Cc1cc(=O)n(CC2CSc3ccccc32)cc1N. The number of hydrogen-bond acceptors (Lipinski definition) is 3. The van der Waals surface area contributed by atoms with Crippen molar-refractivity contribution in [3.63, 3.8) is 0 Å². The van der Waals surface area contributed by atoms with Gasteiger partial charge in [-0.25, -0.2) is 0 Å². The van der Waals surface area contributed by atoms with E-state index in [0.717, 1.165) is 11.3 Å². The zero-order valence-electron chi connectivity index (χ0n) is 10.8. The molecule has 2 aromatic rings. The molecule has 1 aromatic heterocycles. The van der Waals surface area contributed by atoms with E-state index >= 15 is 0 Å². The summed E-state index contributed by atoms with van der Waals surface area (Å²) in [5, 5.41) is 0. The Balaban J connectivity index is 1.92. The second-order valence-electron chi connectivity index (χ2n) is 4.95. The van der Waals surface area contributed by atoms with Crippen LogP contribution in [0.15, 0.2) is 46.2 Å². The lowest BCUT2D eigenvalue weighted by Gasteiger charge is -2.14. The molecule has 2 heterocycles. The van der Waals surface area contributed by atoms with Crippen LogP contribution in [0.1, 0.15) is 17.0 Å². The van der Waals surface area contributed by atoms with Gasteiger partial charge in [0.1, 0.15) is 0 Å². The van der Waals surface area contributed by atoms with Crippen LogP contribution in [0, 0.1) is 6.92 Å². The van der Waals surface area contributed by atoms with E-state index in [1.54, 1.807) is 16.8 Å². The molecular formula is C15H16N2OS. The number of pyridine rings is 1. The van der Waals surface area contributed by atoms with Gasteiger partial charge in [0.2, 0.25) is 0 Å². The predicted octanol–water partition coefficient (Wildman–Crippen LogP) is 2.63. The van der Waals surface area contributed by atoms with Crippen molar-refractivity contribution in [2.24, 2.45) is 0 Å². The number of fused-ring (bicyclic) bond motifs is 1. The average Bonchev–Trinajstić information content (AvgIpc) is 2.80. The van der Waals surface area contributed by atoms with E-state index in [-0.39, 0.29) is 5.56 Å². The fourth-order valence-corrected chi connectivity index (χ4v) is 3.69. The lowest BCUT2D eigenvalue weighted by atomic mass is 10.0. The summed E-state index contributed by atoms with van der Waals surface area (Å²) >= 11 is 1.86. The van der Waals surface area contributed by atoms with E-state index in [9.17, 15) is 4.79 Å². The Bertz CT molecular complexity index is 678. The fourth-order valence-electron chi connectivity index (χ4n) is 2.45. The Labute approximate surface area is 116 Å². The highest BCUT2D eigenvalue weighted by Gasteiger charge is 2.23. The number of aryl methyl sites for hydroxylation is 1. The molecule has 0 saturated carbocycles. The molecule has 1 atom stereocenters. The van der Waals surface area contributed by atoms with Crippen LogP contribution < -0.4 is 11.3 Å². The Morgan fingerprint density at radius 1 is 1.42 bits per heavy atom. The third-order valence-corrected chi connectivity index (χ3v) is 4.84. The summed E-state index contributed by atoms with van der Waals surface area (Å²) in [6.07, 6.45) is 1.77. The molecule has 0 saturated heterocycles. The van der Waals surface area contributed by atoms with E-state index in [1.165, 1.54) is 10.5 Å². The van der Waals surface area contributed by atoms with Gasteiger partial charge in [-0.2, -0.15) is 0 Å². The summed E-state index contributed by atoms with van der Waals surface area (Å²) in [4.78, 5) is 13.3. The van der Waals surface area contributed by atoms with Gasteiger partial charge in [0.05, 0.1) is 5.69 Å². The van der Waals surface area contributed by atoms with Gasteiger partial charge in [-0.05, 0) is 24.1 Å². The van der Waals surface area contributed by atoms with E-state index in [1.807, 2.05) is 18.7 Å². The molecule has 3 rings (SSSR count). The van der Waals surface area contributed by atoms with Gasteiger partial charge >= 0.3 is 0 Å². The Morgan fingerprint density at radius 3 is 3.05 bits per heavy atom. The maximum absolute atomic E-state index is 12.0. The molecule has 19 heavy (non-hydrogen) atoms. The molecule has 4 heteroatoms. The highest BCUT2D eigenvalue weighted by Crippen LogP contribution is 2.39. The van der Waals surface area contributed by atoms with Gasteiger partial charge in [0, 0.05) is 35.4 Å². The van der Waals surface area contributed by atoms with Crippen LogP contribution in [-0.2, 0) is 6.54 Å². The lowest BCUT2D eigenvalue weighted by Crippen LogP contribution is -2.23. The molecule has 2 N–H and O–H groups in total. The second kappa shape index (κ2) is 4.78. The number of rotatable bonds is 2. The summed E-state index contributed by atoms with van der Waals surface area (Å²) < 4.78 is 1.73. The zero-order valence-corrected chi connectivity index (χ0v) is 11.6. The third kappa shape index (κ3) is 2.28. The topological polar surface area (TPSA) is 48.0 Å². The molecule has 1 unspecified atom stereocenters. The number of nitrogen functional groups attached to an aromatic ring is 1. The van der Waals surface area contributed by atoms with Crippen molar-refractivity contribution in [1.29, 1.82) is 0 Å². The summed E-state index contributed by atoms with van der Waals surface area (Å²) in [6.45, 7) is 2.56. The molecule has 98 valence electrons. The molecule has 0 fully saturated rings. The molecule has 0 radical (unpaired) electrons. The monoisotopic (exact) mass is 272 g/mol. The number of thioether (sulfide) groups is 1. The molecular weight excluding hydrogens is 256 g/mol. The summed E-state index contributed by atoms with van der Waals surface area (Å²) in [5.41, 5.74) is 8.80. The average molecular weight is 272 g/mol. The quantitative estimate of drug-likeness (QED) is 0.914. The van der Waals surface area contributed by atoms with Crippen molar-refractivity contribution in [3.8, 4) is 0 Å². The molecule has 0 aliphatic carbocycles. The van der Waals surface area contributed by atoms with Crippen LogP contribution in [0.2, 0.25) is 0 Å². The van der Waals surface area contributed by atoms with E-state index < -0.39 is 0 Å². The fraction of sp³-hybridized carbons (Fsp3) is 0.267. The normalized spacial score (nSPS) is 17.4.